The molecule has 0 heterocycles. The van der Waals surface area contributed by atoms with Crippen molar-refractivity contribution in [2.45, 2.75) is 13.0 Å². The Kier molecular flexibility index (Phi) is 5.06. The van der Waals surface area contributed by atoms with E-state index in [1.807, 2.05) is 0 Å². The lowest BCUT2D eigenvalue weighted by Gasteiger charge is -2.07. The molecule has 0 radical (unpaired) electrons. The van der Waals surface area contributed by atoms with Crippen LogP contribution in [0.15, 0.2) is 18.2 Å². The average Bonchev–Trinajstić information content (AvgIpc) is 2.38. The third-order valence-electron chi connectivity index (χ3n) is 2.27. The Labute approximate surface area is 104 Å². The van der Waals surface area contributed by atoms with Gasteiger partial charge in [-0.2, -0.15) is 0 Å². The van der Waals surface area contributed by atoms with Gasteiger partial charge in [0.05, 0.1) is 24.6 Å². The van der Waals surface area contributed by atoms with E-state index in [0.29, 0.717) is 5.56 Å². The Morgan fingerprint density at radius 2 is 2.28 bits per heavy atom. The zero-order valence-electron chi connectivity index (χ0n) is 9.88. The van der Waals surface area contributed by atoms with Gasteiger partial charge >= 0.3 is 5.69 Å². The van der Waals surface area contributed by atoms with E-state index < -0.39 is 4.92 Å². The van der Waals surface area contributed by atoms with Gasteiger partial charge in [-0.05, 0) is 11.6 Å². The Balaban J connectivity index is 2.75. The van der Waals surface area contributed by atoms with Crippen molar-refractivity contribution in [3.63, 3.8) is 0 Å². The van der Waals surface area contributed by atoms with Gasteiger partial charge in [-0.3, -0.25) is 14.9 Å². The molecule has 98 valence electrons. The zero-order chi connectivity index (χ0) is 13.5. The van der Waals surface area contributed by atoms with Gasteiger partial charge in [0.25, 0.3) is 0 Å². The van der Waals surface area contributed by atoms with Crippen molar-refractivity contribution in [1.82, 2.24) is 5.32 Å². The largest absolute Gasteiger partial charge is 0.486 e. The number of aliphatic hydroxyl groups excluding tert-OH is 1. The molecule has 0 aromatic heterocycles. The first-order valence-corrected chi connectivity index (χ1v) is 5.30. The summed E-state index contributed by atoms with van der Waals surface area (Å²) in [4.78, 5) is 21.2. The summed E-state index contributed by atoms with van der Waals surface area (Å²) in [6, 6.07) is 4.19. The summed E-state index contributed by atoms with van der Waals surface area (Å²) >= 11 is 0. The highest BCUT2D eigenvalue weighted by molar-refractivity contribution is 5.75. The highest BCUT2D eigenvalue weighted by Crippen LogP contribution is 2.28. The Morgan fingerprint density at radius 1 is 1.56 bits per heavy atom. The number of nitro benzene ring substituents is 1. The predicted molar refractivity (Wildman–Crippen MR) is 63.2 cm³/mol. The third kappa shape index (κ3) is 3.70. The summed E-state index contributed by atoms with van der Waals surface area (Å²) < 4.78 is 5.19. The molecule has 7 nitrogen and oxygen atoms in total. The van der Waals surface area contributed by atoms with Crippen LogP contribution in [0.2, 0.25) is 0 Å². The third-order valence-corrected chi connectivity index (χ3v) is 2.27. The smallest absolute Gasteiger partial charge is 0.311 e. The van der Waals surface area contributed by atoms with Gasteiger partial charge in [0, 0.05) is 13.1 Å². The standard InChI is InChI=1S/C11H14N2O5/c1-12-11(15)4-5-18-10-3-2-8(7-14)6-9(10)13(16)17/h2-3,6,14H,4-5,7H2,1H3,(H,12,15). The molecule has 7 heteroatoms. The molecular weight excluding hydrogens is 240 g/mol. The molecule has 0 spiro atoms. The van der Waals surface area contributed by atoms with E-state index in [0.717, 1.165) is 0 Å². The lowest BCUT2D eigenvalue weighted by Crippen LogP contribution is -2.20. The van der Waals surface area contributed by atoms with E-state index in [9.17, 15) is 14.9 Å². The van der Waals surface area contributed by atoms with Crippen LogP contribution in [0.1, 0.15) is 12.0 Å². The molecule has 1 amide bonds. The molecule has 0 bridgehead atoms. The van der Waals surface area contributed by atoms with Crippen molar-refractivity contribution in [3.8, 4) is 5.75 Å². The van der Waals surface area contributed by atoms with E-state index in [1.165, 1.54) is 25.2 Å². The number of rotatable bonds is 6. The number of benzene rings is 1. The van der Waals surface area contributed by atoms with Crippen LogP contribution in [-0.2, 0) is 11.4 Å². The number of hydrogen-bond donors (Lipinski definition) is 2. The van der Waals surface area contributed by atoms with E-state index in [4.69, 9.17) is 9.84 Å². The van der Waals surface area contributed by atoms with Gasteiger partial charge in [0.2, 0.25) is 5.91 Å². The number of nitrogens with one attached hydrogen (secondary N) is 1. The van der Waals surface area contributed by atoms with Crippen molar-refractivity contribution >= 4 is 11.6 Å². The predicted octanol–water partition coefficient (Wildman–Crippen LogP) is 0.602. The molecule has 18 heavy (non-hydrogen) atoms. The number of amides is 1. The van der Waals surface area contributed by atoms with Crippen LogP contribution < -0.4 is 10.1 Å². The summed E-state index contributed by atoms with van der Waals surface area (Å²) in [7, 11) is 1.50. The lowest BCUT2D eigenvalue weighted by atomic mass is 10.2. The molecule has 0 fully saturated rings. The van der Waals surface area contributed by atoms with Gasteiger partial charge in [-0.1, -0.05) is 6.07 Å². The summed E-state index contributed by atoms with van der Waals surface area (Å²) in [6.07, 6.45) is 0.120. The highest BCUT2D eigenvalue weighted by Gasteiger charge is 2.16. The minimum absolute atomic E-state index is 0.0545. The van der Waals surface area contributed by atoms with Crippen molar-refractivity contribution < 1.29 is 19.6 Å². The number of hydrogen-bond acceptors (Lipinski definition) is 5. The van der Waals surface area contributed by atoms with Crippen molar-refractivity contribution in [2.24, 2.45) is 0 Å². The fraction of sp³-hybridized carbons (Fsp3) is 0.364. The normalized spacial score (nSPS) is 9.89. The minimum Gasteiger partial charge on any atom is -0.486 e. The van der Waals surface area contributed by atoms with Crippen LogP contribution in [0.3, 0.4) is 0 Å². The van der Waals surface area contributed by atoms with Gasteiger partial charge in [0.1, 0.15) is 0 Å². The number of carbonyl (C=O) groups excluding carboxylic acids is 1. The Morgan fingerprint density at radius 3 is 2.83 bits per heavy atom. The fourth-order valence-corrected chi connectivity index (χ4v) is 1.30. The molecule has 1 aromatic carbocycles. The number of nitro groups is 1. The van der Waals surface area contributed by atoms with E-state index in [2.05, 4.69) is 5.32 Å². The summed E-state index contributed by atoms with van der Waals surface area (Å²) in [5.41, 5.74) is 0.207. The van der Waals surface area contributed by atoms with Crippen LogP contribution in [0.25, 0.3) is 0 Å². The molecule has 2 N–H and O–H groups in total. The van der Waals surface area contributed by atoms with Gasteiger partial charge < -0.3 is 15.2 Å². The van der Waals surface area contributed by atoms with E-state index >= 15 is 0 Å². The van der Waals surface area contributed by atoms with Crippen molar-refractivity contribution in [1.29, 1.82) is 0 Å². The quantitative estimate of drug-likeness (QED) is 0.571. The Hall–Kier alpha value is -2.15. The van der Waals surface area contributed by atoms with Crippen LogP contribution in [0, 0.1) is 10.1 Å². The molecule has 1 rings (SSSR count). The van der Waals surface area contributed by atoms with Gasteiger partial charge in [-0.25, -0.2) is 0 Å². The van der Waals surface area contributed by atoms with Crippen LogP contribution in [0.5, 0.6) is 5.75 Å². The molecule has 0 unspecified atom stereocenters. The Bertz CT molecular complexity index is 447. The minimum atomic E-state index is -0.589. The van der Waals surface area contributed by atoms with Crippen LogP contribution in [-0.4, -0.2) is 29.6 Å². The highest BCUT2D eigenvalue weighted by atomic mass is 16.6. The molecule has 0 saturated heterocycles. The SMILES string of the molecule is CNC(=O)CCOc1ccc(CO)cc1[N+](=O)[O-]. The maximum absolute atomic E-state index is 11.0. The fourth-order valence-electron chi connectivity index (χ4n) is 1.30. The maximum Gasteiger partial charge on any atom is 0.311 e. The molecule has 0 atom stereocenters. The molecule has 1 aromatic rings. The zero-order valence-corrected chi connectivity index (χ0v) is 9.88. The molecule has 0 aliphatic heterocycles. The number of aliphatic hydroxyl groups is 1. The van der Waals surface area contributed by atoms with Gasteiger partial charge in [-0.15, -0.1) is 0 Å². The molecule has 0 aliphatic carbocycles. The number of ether oxygens (including phenoxy) is 1. The van der Waals surface area contributed by atoms with Crippen LogP contribution in [0.4, 0.5) is 5.69 Å². The number of nitrogens with zero attached hydrogens (tertiary/aromatic N) is 1. The summed E-state index contributed by atoms with van der Waals surface area (Å²) in [6.45, 7) is -0.224. The number of carbonyl (C=O) groups is 1. The van der Waals surface area contributed by atoms with E-state index in [-0.39, 0.29) is 37.0 Å². The van der Waals surface area contributed by atoms with Gasteiger partial charge in [0.15, 0.2) is 5.75 Å². The first-order chi connectivity index (χ1) is 8.58. The molecule has 0 aliphatic rings. The maximum atomic E-state index is 11.0. The molecular formula is C11H14N2O5. The first-order valence-electron chi connectivity index (χ1n) is 5.30. The molecule has 0 saturated carbocycles. The van der Waals surface area contributed by atoms with Crippen LogP contribution >= 0.6 is 0 Å². The van der Waals surface area contributed by atoms with Crippen molar-refractivity contribution in [3.05, 3.63) is 33.9 Å². The summed E-state index contributed by atoms with van der Waals surface area (Å²) in [5, 5.41) is 22.1. The van der Waals surface area contributed by atoms with Crippen molar-refractivity contribution in [2.75, 3.05) is 13.7 Å². The van der Waals surface area contributed by atoms with E-state index in [1.54, 1.807) is 0 Å². The summed E-state index contributed by atoms with van der Waals surface area (Å²) in [5.74, 6) is -0.120. The average molecular weight is 254 g/mol. The first kappa shape index (κ1) is 13.9. The monoisotopic (exact) mass is 254 g/mol. The second-order valence-corrected chi connectivity index (χ2v) is 3.49. The second-order valence-electron chi connectivity index (χ2n) is 3.49. The lowest BCUT2D eigenvalue weighted by molar-refractivity contribution is -0.386. The topological polar surface area (TPSA) is 102 Å². The second kappa shape index (κ2) is 6.55.